The zero-order valence-corrected chi connectivity index (χ0v) is 15.4. The van der Waals surface area contributed by atoms with Crippen molar-refractivity contribution < 1.29 is 18.7 Å². The smallest absolute Gasteiger partial charge is 0.314 e. The van der Waals surface area contributed by atoms with Crippen LogP contribution in [0.15, 0.2) is 23.8 Å². The van der Waals surface area contributed by atoms with Gasteiger partial charge < -0.3 is 5.11 Å². The summed E-state index contributed by atoms with van der Waals surface area (Å²) in [6, 6.07) is 0. The number of carboxylic acids is 1. The van der Waals surface area contributed by atoms with Crippen molar-refractivity contribution in [2.75, 3.05) is 0 Å². The van der Waals surface area contributed by atoms with Gasteiger partial charge in [0.05, 0.1) is 5.41 Å². The lowest BCUT2D eigenvalue weighted by atomic mass is 9.72. The van der Waals surface area contributed by atoms with Crippen LogP contribution in [0.4, 0.5) is 8.78 Å². The first-order valence-corrected chi connectivity index (χ1v) is 9.87. The van der Waals surface area contributed by atoms with Gasteiger partial charge in [0.25, 0.3) is 0 Å². The van der Waals surface area contributed by atoms with E-state index >= 15 is 0 Å². The zero-order chi connectivity index (χ0) is 18.3. The van der Waals surface area contributed by atoms with Crippen LogP contribution in [0.1, 0.15) is 77.6 Å². The molecule has 0 amide bonds. The molecule has 2 nitrogen and oxygen atoms in total. The predicted octanol–water partition coefficient (Wildman–Crippen LogP) is 6.38. The zero-order valence-electron chi connectivity index (χ0n) is 15.4. The summed E-state index contributed by atoms with van der Waals surface area (Å²) in [5.74, 6) is 0.162. The summed E-state index contributed by atoms with van der Waals surface area (Å²) in [5, 5.41) is 9.38. The Bertz CT molecular complexity index is 490. The molecule has 2 rings (SSSR count). The van der Waals surface area contributed by atoms with E-state index in [0.29, 0.717) is 5.92 Å². The van der Waals surface area contributed by atoms with Crippen LogP contribution in [0, 0.1) is 17.3 Å². The fourth-order valence-corrected chi connectivity index (χ4v) is 4.31. The SMILES string of the molecule is CCCCCCC1CCC(C2=CCC(CC(F)F)(C(=O)O)C=C2)CC1. The minimum Gasteiger partial charge on any atom is -0.481 e. The third kappa shape index (κ3) is 5.65. The van der Waals surface area contributed by atoms with Crippen LogP contribution < -0.4 is 0 Å². The van der Waals surface area contributed by atoms with Crippen LogP contribution in [0.3, 0.4) is 0 Å². The van der Waals surface area contributed by atoms with Crippen LogP contribution in [0.25, 0.3) is 0 Å². The van der Waals surface area contributed by atoms with Crippen molar-refractivity contribution in [1.29, 1.82) is 0 Å². The average molecular weight is 354 g/mol. The van der Waals surface area contributed by atoms with Gasteiger partial charge in [-0.1, -0.05) is 57.3 Å². The van der Waals surface area contributed by atoms with E-state index in [-0.39, 0.29) is 6.42 Å². The molecule has 0 spiro atoms. The fraction of sp³-hybridized carbons (Fsp3) is 0.762. The summed E-state index contributed by atoms with van der Waals surface area (Å²) in [5.41, 5.74) is -0.260. The highest BCUT2D eigenvalue weighted by atomic mass is 19.3. The van der Waals surface area contributed by atoms with Crippen molar-refractivity contribution in [3.05, 3.63) is 23.8 Å². The van der Waals surface area contributed by atoms with Gasteiger partial charge in [0.15, 0.2) is 0 Å². The second kappa shape index (κ2) is 9.49. The normalized spacial score (nSPS) is 29.7. The molecule has 142 valence electrons. The lowest BCUT2D eigenvalue weighted by molar-refractivity contribution is -0.148. The number of allylic oxidation sites excluding steroid dienone is 3. The van der Waals surface area contributed by atoms with E-state index in [1.54, 1.807) is 0 Å². The molecule has 2 aliphatic rings. The molecule has 1 fully saturated rings. The molecular formula is C21H32F2O2. The van der Waals surface area contributed by atoms with Gasteiger partial charge in [-0.05, 0) is 49.5 Å². The van der Waals surface area contributed by atoms with Crippen molar-refractivity contribution in [3.8, 4) is 0 Å². The number of halogens is 2. The molecule has 0 heterocycles. The molecule has 1 atom stereocenters. The number of rotatable bonds is 9. The summed E-state index contributed by atoms with van der Waals surface area (Å²) in [6.45, 7) is 2.23. The number of hydrogen-bond donors (Lipinski definition) is 1. The molecule has 1 saturated carbocycles. The van der Waals surface area contributed by atoms with E-state index in [4.69, 9.17) is 0 Å². The Hall–Kier alpha value is -1.19. The van der Waals surface area contributed by atoms with E-state index < -0.39 is 24.2 Å². The maximum atomic E-state index is 12.8. The van der Waals surface area contributed by atoms with Gasteiger partial charge in [0.1, 0.15) is 0 Å². The van der Waals surface area contributed by atoms with Crippen LogP contribution in [-0.2, 0) is 4.79 Å². The maximum Gasteiger partial charge on any atom is 0.314 e. The molecule has 2 aliphatic carbocycles. The highest BCUT2D eigenvalue weighted by molar-refractivity contribution is 5.78. The molecule has 0 aromatic heterocycles. The van der Waals surface area contributed by atoms with Gasteiger partial charge in [-0.2, -0.15) is 0 Å². The van der Waals surface area contributed by atoms with Gasteiger partial charge in [0.2, 0.25) is 6.43 Å². The Kier molecular flexibility index (Phi) is 7.64. The monoisotopic (exact) mass is 354 g/mol. The second-order valence-electron chi connectivity index (χ2n) is 7.87. The molecule has 0 aliphatic heterocycles. The number of alkyl halides is 2. The molecule has 0 aromatic rings. The van der Waals surface area contributed by atoms with Crippen LogP contribution in [0.5, 0.6) is 0 Å². The largest absolute Gasteiger partial charge is 0.481 e. The predicted molar refractivity (Wildman–Crippen MR) is 96.7 cm³/mol. The van der Waals surface area contributed by atoms with E-state index in [0.717, 1.165) is 24.3 Å². The van der Waals surface area contributed by atoms with Gasteiger partial charge >= 0.3 is 5.97 Å². The number of unbranched alkanes of at least 4 members (excludes halogenated alkanes) is 3. The topological polar surface area (TPSA) is 37.3 Å². The standard InChI is InChI=1S/C21H32F2O2/c1-2-3-4-5-6-16-7-9-17(10-8-16)18-11-13-21(14-12-18,20(24)25)15-19(22)23/h11-13,16-17,19H,2-10,14-15H2,1H3,(H,24,25). The van der Waals surface area contributed by atoms with Gasteiger partial charge in [0, 0.05) is 6.42 Å². The summed E-state index contributed by atoms with van der Waals surface area (Å²) >= 11 is 0. The molecule has 0 saturated heterocycles. The number of carboxylic acid groups (broad SMARTS) is 1. The number of hydrogen-bond acceptors (Lipinski definition) is 1. The Morgan fingerprint density at radius 3 is 2.48 bits per heavy atom. The quantitative estimate of drug-likeness (QED) is 0.488. The van der Waals surface area contributed by atoms with Crippen molar-refractivity contribution in [1.82, 2.24) is 0 Å². The summed E-state index contributed by atoms with van der Waals surface area (Å²) in [6.07, 6.45) is 13.6. The lowest BCUT2D eigenvalue weighted by Gasteiger charge is -2.33. The summed E-state index contributed by atoms with van der Waals surface area (Å²) in [7, 11) is 0. The third-order valence-electron chi connectivity index (χ3n) is 6.03. The second-order valence-corrected chi connectivity index (χ2v) is 7.87. The highest BCUT2D eigenvalue weighted by Crippen LogP contribution is 2.41. The molecule has 4 heteroatoms. The lowest BCUT2D eigenvalue weighted by Crippen LogP contribution is -2.32. The first-order valence-electron chi connectivity index (χ1n) is 9.87. The third-order valence-corrected chi connectivity index (χ3v) is 6.03. The number of aliphatic carboxylic acids is 1. The Balaban J connectivity index is 1.83. The molecule has 1 unspecified atom stereocenters. The minimum atomic E-state index is -2.60. The van der Waals surface area contributed by atoms with Crippen molar-refractivity contribution in [2.24, 2.45) is 17.3 Å². The van der Waals surface area contributed by atoms with E-state index in [1.807, 2.05) is 12.2 Å². The Labute approximate surface area is 150 Å². The molecular weight excluding hydrogens is 322 g/mol. The van der Waals surface area contributed by atoms with E-state index in [1.165, 1.54) is 51.0 Å². The van der Waals surface area contributed by atoms with Crippen LogP contribution in [0.2, 0.25) is 0 Å². The van der Waals surface area contributed by atoms with Crippen LogP contribution >= 0.6 is 0 Å². The minimum absolute atomic E-state index is 0.190. The molecule has 25 heavy (non-hydrogen) atoms. The van der Waals surface area contributed by atoms with Gasteiger partial charge in [-0.3, -0.25) is 4.79 Å². The molecule has 0 aromatic carbocycles. The number of carbonyl (C=O) groups is 1. The summed E-state index contributed by atoms with van der Waals surface area (Å²) in [4.78, 5) is 11.5. The van der Waals surface area contributed by atoms with E-state index in [2.05, 4.69) is 6.92 Å². The maximum absolute atomic E-state index is 12.8. The van der Waals surface area contributed by atoms with Gasteiger partial charge in [-0.25, -0.2) is 8.78 Å². The van der Waals surface area contributed by atoms with Crippen molar-refractivity contribution >= 4 is 5.97 Å². The van der Waals surface area contributed by atoms with Gasteiger partial charge in [-0.15, -0.1) is 0 Å². The summed E-state index contributed by atoms with van der Waals surface area (Å²) < 4.78 is 25.5. The Morgan fingerprint density at radius 2 is 1.96 bits per heavy atom. The van der Waals surface area contributed by atoms with Crippen molar-refractivity contribution in [3.63, 3.8) is 0 Å². The first kappa shape index (κ1) is 20.1. The fourth-order valence-electron chi connectivity index (χ4n) is 4.31. The average Bonchev–Trinajstić information content (AvgIpc) is 2.59. The van der Waals surface area contributed by atoms with Crippen LogP contribution in [-0.4, -0.2) is 17.5 Å². The first-order chi connectivity index (χ1) is 12.0. The molecule has 1 N–H and O–H groups in total. The van der Waals surface area contributed by atoms with E-state index in [9.17, 15) is 18.7 Å². The molecule has 0 bridgehead atoms. The highest BCUT2D eigenvalue weighted by Gasteiger charge is 2.40. The molecule has 0 radical (unpaired) electrons. The Morgan fingerprint density at radius 1 is 1.24 bits per heavy atom. The van der Waals surface area contributed by atoms with Crippen molar-refractivity contribution in [2.45, 2.75) is 84.0 Å².